The van der Waals surface area contributed by atoms with E-state index in [1.807, 2.05) is 54.0 Å². The first-order valence-electron chi connectivity index (χ1n) is 6.75. The first-order valence-corrected chi connectivity index (χ1v) is 7.12. The van der Waals surface area contributed by atoms with Crippen molar-refractivity contribution in [1.29, 1.82) is 0 Å². The molecule has 0 spiro atoms. The third kappa shape index (κ3) is 2.81. The first-order chi connectivity index (χ1) is 10.1. The van der Waals surface area contributed by atoms with Crippen LogP contribution in [0, 0.1) is 6.92 Å². The number of halogens is 1. The van der Waals surface area contributed by atoms with Crippen LogP contribution in [0.25, 0.3) is 11.0 Å². The van der Waals surface area contributed by atoms with Crippen LogP contribution in [0.4, 0.5) is 5.95 Å². The van der Waals surface area contributed by atoms with Crippen LogP contribution >= 0.6 is 11.6 Å². The third-order valence-corrected chi connectivity index (χ3v) is 3.64. The maximum Gasteiger partial charge on any atom is 0.201 e. The summed E-state index contributed by atoms with van der Waals surface area (Å²) in [6.45, 7) is 3.18. The monoisotopic (exact) mass is 301 g/mol. The minimum absolute atomic E-state index is 0.450. The van der Waals surface area contributed by atoms with Crippen LogP contribution in [0.1, 0.15) is 5.56 Å². The molecule has 0 aliphatic heterocycles. The summed E-state index contributed by atoms with van der Waals surface area (Å²) in [5.41, 5.74) is 8.79. The molecule has 21 heavy (non-hydrogen) atoms. The minimum Gasteiger partial charge on any atom is -0.492 e. The Labute approximate surface area is 128 Å². The number of nitrogen functional groups attached to an aromatic ring is 1. The molecule has 4 nitrogen and oxygen atoms in total. The Morgan fingerprint density at radius 3 is 2.86 bits per heavy atom. The van der Waals surface area contributed by atoms with E-state index in [-0.39, 0.29) is 0 Å². The van der Waals surface area contributed by atoms with Crippen molar-refractivity contribution in [1.82, 2.24) is 9.55 Å². The summed E-state index contributed by atoms with van der Waals surface area (Å²) in [5, 5.41) is 0.609. The molecule has 0 aliphatic carbocycles. The fraction of sp³-hybridized carbons (Fsp3) is 0.188. The van der Waals surface area contributed by atoms with Crippen molar-refractivity contribution < 1.29 is 4.74 Å². The van der Waals surface area contributed by atoms with E-state index in [0.29, 0.717) is 24.1 Å². The van der Waals surface area contributed by atoms with Gasteiger partial charge in [-0.05, 0) is 36.8 Å². The largest absolute Gasteiger partial charge is 0.492 e. The van der Waals surface area contributed by atoms with Gasteiger partial charge in [0, 0.05) is 0 Å². The van der Waals surface area contributed by atoms with Crippen molar-refractivity contribution in [3.05, 3.63) is 53.1 Å². The molecule has 108 valence electrons. The minimum atomic E-state index is 0.450. The van der Waals surface area contributed by atoms with Crippen LogP contribution in [-0.2, 0) is 6.54 Å². The predicted octanol–water partition coefficient (Wildman–Crippen LogP) is 3.66. The molecule has 3 aromatic rings. The van der Waals surface area contributed by atoms with Crippen molar-refractivity contribution >= 4 is 28.6 Å². The highest BCUT2D eigenvalue weighted by molar-refractivity contribution is 6.35. The Morgan fingerprint density at radius 1 is 1.24 bits per heavy atom. The number of aryl methyl sites for hydroxylation is 1. The predicted molar refractivity (Wildman–Crippen MR) is 85.8 cm³/mol. The molecule has 1 aromatic heterocycles. The Bertz CT molecular complexity index is 782. The summed E-state index contributed by atoms with van der Waals surface area (Å²) in [6.07, 6.45) is 0. The second-order valence-corrected chi connectivity index (χ2v) is 5.30. The van der Waals surface area contributed by atoms with Gasteiger partial charge in [0.25, 0.3) is 0 Å². The summed E-state index contributed by atoms with van der Waals surface area (Å²) in [6, 6.07) is 13.6. The zero-order valence-corrected chi connectivity index (χ0v) is 12.5. The standard InChI is InChI=1S/C16H16ClN3O/c1-11-4-2-5-12(10-11)21-9-8-20-14-7-3-6-13(17)15(14)19-16(20)18/h2-7,10H,8-9H2,1H3,(H2,18,19). The molecule has 1 heterocycles. The molecule has 0 radical (unpaired) electrons. The number of fused-ring (bicyclic) bond motifs is 1. The number of ether oxygens (including phenoxy) is 1. The average Bonchev–Trinajstić information content (AvgIpc) is 2.77. The molecule has 0 fully saturated rings. The molecule has 5 heteroatoms. The molecule has 0 amide bonds. The highest BCUT2D eigenvalue weighted by Gasteiger charge is 2.10. The first kappa shape index (κ1) is 13.8. The van der Waals surface area contributed by atoms with Gasteiger partial charge in [0.05, 0.1) is 17.1 Å². The number of para-hydroxylation sites is 1. The molecule has 2 N–H and O–H groups in total. The van der Waals surface area contributed by atoms with Gasteiger partial charge in [-0.25, -0.2) is 4.98 Å². The van der Waals surface area contributed by atoms with Crippen LogP contribution in [0.3, 0.4) is 0 Å². The molecule has 0 saturated heterocycles. The van der Waals surface area contributed by atoms with Crippen LogP contribution in [0.2, 0.25) is 5.02 Å². The molecule has 0 aliphatic rings. The summed E-state index contributed by atoms with van der Waals surface area (Å²) < 4.78 is 7.67. The highest BCUT2D eigenvalue weighted by atomic mass is 35.5. The maximum atomic E-state index is 6.13. The van der Waals surface area contributed by atoms with Gasteiger partial charge in [-0.1, -0.05) is 29.8 Å². The van der Waals surface area contributed by atoms with E-state index in [1.54, 1.807) is 0 Å². The zero-order valence-electron chi connectivity index (χ0n) is 11.7. The summed E-state index contributed by atoms with van der Waals surface area (Å²) >= 11 is 6.13. The quantitative estimate of drug-likeness (QED) is 0.800. The third-order valence-electron chi connectivity index (χ3n) is 3.33. The van der Waals surface area contributed by atoms with Gasteiger partial charge in [0.1, 0.15) is 17.9 Å². The van der Waals surface area contributed by atoms with E-state index in [0.717, 1.165) is 16.8 Å². The Balaban J connectivity index is 1.76. The lowest BCUT2D eigenvalue weighted by atomic mass is 10.2. The van der Waals surface area contributed by atoms with Gasteiger partial charge in [0.15, 0.2) is 0 Å². The van der Waals surface area contributed by atoms with Crippen molar-refractivity contribution in [2.75, 3.05) is 12.3 Å². The van der Waals surface area contributed by atoms with Crippen LogP contribution < -0.4 is 10.5 Å². The Kier molecular flexibility index (Phi) is 3.71. The van der Waals surface area contributed by atoms with Gasteiger partial charge in [-0.2, -0.15) is 0 Å². The van der Waals surface area contributed by atoms with Crippen LogP contribution in [-0.4, -0.2) is 16.2 Å². The Hall–Kier alpha value is -2.20. The van der Waals surface area contributed by atoms with Gasteiger partial charge in [0.2, 0.25) is 5.95 Å². The van der Waals surface area contributed by atoms with E-state index in [1.165, 1.54) is 5.56 Å². The number of imidazole rings is 1. The molecule has 0 bridgehead atoms. The summed E-state index contributed by atoms with van der Waals surface area (Å²) in [4.78, 5) is 4.31. The topological polar surface area (TPSA) is 53.1 Å². The maximum absolute atomic E-state index is 6.13. The molecule has 3 rings (SSSR count). The van der Waals surface area contributed by atoms with Gasteiger partial charge >= 0.3 is 0 Å². The number of nitrogens with two attached hydrogens (primary N) is 1. The van der Waals surface area contributed by atoms with Gasteiger partial charge in [-0.15, -0.1) is 0 Å². The molecule has 0 unspecified atom stereocenters. The smallest absolute Gasteiger partial charge is 0.201 e. The van der Waals surface area contributed by atoms with Crippen molar-refractivity contribution in [3.8, 4) is 5.75 Å². The number of benzene rings is 2. The fourth-order valence-electron chi connectivity index (χ4n) is 2.33. The summed E-state index contributed by atoms with van der Waals surface area (Å²) in [5.74, 6) is 1.31. The lowest BCUT2D eigenvalue weighted by Gasteiger charge is -2.09. The highest BCUT2D eigenvalue weighted by Crippen LogP contribution is 2.24. The van der Waals surface area contributed by atoms with E-state index in [4.69, 9.17) is 22.1 Å². The van der Waals surface area contributed by atoms with E-state index < -0.39 is 0 Å². The number of rotatable bonds is 4. The number of nitrogens with zero attached hydrogens (tertiary/aromatic N) is 2. The fourth-order valence-corrected chi connectivity index (χ4v) is 2.54. The van der Waals surface area contributed by atoms with Crippen molar-refractivity contribution in [2.24, 2.45) is 0 Å². The number of aromatic nitrogens is 2. The SMILES string of the molecule is Cc1cccc(OCCn2c(N)nc3c(Cl)cccc32)c1. The summed E-state index contributed by atoms with van der Waals surface area (Å²) in [7, 11) is 0. The van der Waals surface area contributed by atoms with E-state index in [2.05, 4.69) is 4.98 Å². The molecule has 0 atom stereocenters. The molecular formula is C16H16ClN3O. The van der Waals surface area contributed by atoms with Crippen molar-refractivity contribution in [2.45, 2.75) is 13.5 Å². The molecule has 2 aromatic carbocycles. The normalized spacial score (nSPS) is 11.0. The lowest BCUT2D eigenvalue weighted by molar-refractivity contribution is 0.301. The number of anilines is 1. The van der Waals surface area contributed by atoms with Gasteiger partial charge in [-0.3, -0.25) is 0 Å². The number of hydrogen-bond donors (Lipinski definition) is 1. The average molecular weight is 302 g/mol. The van der Waals surface area contributed by atoms with Crippen LogP contribution in [0.5, 0.6) is 5.75 Å². The second-order valence-electron chi connectivity index (χ2n) is 4.89. The molecular weight excluding hydrogens is 286 g/mol. The Morgan fingerprint density at radius 2 is 2.05 bits per heavy atom. The zero-order chi connectivity index (χ0) is 14.8. The molecule has 0 saturated carbocycles. The van der Waals surface area contributed by atoms with E-state index in [9.17, 15) is 0 Å². The van der Waals surface area contributed by atoms with Crippen molar-refractivity contribution in [3.63, 3.8) is 0 Å². The lowest BCUT2D eigenvalue weighted by Crippen LogP contribution is -2.10. The van der Waals surface area contributed by atoms with Crippen LogP contribution in [0.15, 0.2) is 42.5 Å². The van der Waals surface area contributed by atoms with E-state index >= 15 is 0 Å². The van der Waals surface area contributed by atoms with Gasteiger partial charge < -0.3 is 15.0 Å². The number of hydrogen-bond acceptors (Lipinski definition) is 3. The second kappa shape index (κ2) is 5.66.